The van der Waals surface area contributed by atoms with Crippen molar-refractivity contribution in [1.82, 2.24) is 4.90 Å². The molecule has 0 aliphatic carbocycles. The molecule has 1 N–H and O–H groups in total. The first-order valence-corrected chi connectivity index (χ1v) is 8.47. The molecule has 3 rings (SSSR count). The number of carbonyl (C=O) groups is 2. The van der Waals surface area contributed by atoms with E-state index in [1.807, 2.05) is 6.07 Å². The Morgan fingerprint density at radius 3 is 2.52 bits per heavy atom. The van der Waals surface area contributed by atoms with Gasteiger partial charge in [-0.1, -0.05) is 6.07 Å². The molecule has 0 saturated carbocycles. The maximum Gasteiger partial charge on any atom is 0.305 e. The smallest absolute Gasteiger partial charge is 0.305 e. The Labute approximate surface area is 156 Å². The number of amides is 1. The Morgan fingerprint density at radius 2 is 1.89 bits per heavy atom. The molecule has 27 heavy (non-hydrogen) atoms. The third-order valence-corrected chi connectivity index (χ3v) is 4.70. The zero-order valence-electron chi connectivity index (χ0n) is 15.1. The van der Waals surface area contributed by atoms with Crippen LogP contribution in [0.2, 0.25) is 0 Å². The SMILES string of the molecule is COc1cc2c(cc1OC)C(CC(=O)O)N(C(=O)c1cccc(F)c1)CC2. The van der Waals surface area contributed by atoms with E-state index in [9.17, 15) is 19.1 Å². The average Bonchev–Trinajstić information content (AvgIpc) is 2.66. The van der Waals surface area contributed by atoms with Gasteiger partial charge in [0.25, 0.3) is 5.91 Å². The quantitative estimate of drug-likeness (QED) is 0.872. The van der Waals surface area contributed by atoms with Crippen LogP contribution < -0.4 is 9.47 Å². The maximum absolute atomic E-state index is 13.5. The van der Waals surface area contributed by atoms with Gasteiger partial charge in [-0.05, 0) is 47.9 Å². The molecule has 0 aromatic heterocycles. The van der Waals surface area contributed by atoms with Crippen LogP contribution in [0.15, 0.2) is 36.4 Å². The molecule has 6 nitrogen and oxygen atoms in total. The van der Waals surface area contributed by atoms with Gasteiger partial charge in [0.1, 0.15) is 5.82 Å². The zero-order chi connectivity index (χ0) is 19.6. The van der Waals surface area contributed by atoms with E-state index in [0.29, 0.717) is 30.0 Å². The molecule has 7 heteroatoms. The summed E-state index contributed by atoms with van der Waals surface area (Å²) in [6.45, 7) is 0.329. The summed E-state index contributed by atoms with van der Waals surface area (Å²) in [5, 5.41) is 9.38. The lowest BCUT2D eigenvalue weighted by Gasteiger charge is -2.37. The van der Waals surface area contributed by atoms with E-state index in [0.717, 1.165) is 11.6 Å². The number of carboxylic acids is 1. The highest BCUT2D eigenvalue weighted by Gasteiger charge is 2.34. The van der Waals surface area contributed by atoms with E-state index in [2.05, 4.69) is 0 Å². The lowest BCUT2D eigenvalue weighted by Crippen LogP contribution is -2.41. The molecule has 1 aliphatic heterocycles. The van der Waals surface area contributed by atoms with Gasteiger partial charge in [-0.15, -0.1) is 0 Å². The van der Waals surface area contributed by atoms with Crippen molar-refractivity contribution in [3.63, 3.8) is 0 Å². The van der Waals surface area contributed by atoms with Crippen molar-refractivity contribution in [2.24, 2.45) is 0 Å². The molecule has 142 valence electrons. The average molecular weight is 373 g/mol. The third-order valence-electron chi connectivity index (χ3n) is 4.70. The maximum atomic E-state index is 13.5. The summed E-state index contributed by atoms with van der Waals surface area (Å²) < 4.78 is 24.2. The second-order valence-electron chi connectivity index (χ2n) is 6.28. The van der Waals surface area contributed by atoms with Gasteiger partial charge in [-0.3, -0.25) is 9.59 Å². The molecule has 0 bridgehead atoms. The molecule has 0 fully saturated rings. The zero-order valence-corrected chi connectivity index (χ0v) is 15.1. The Hall–Kier alpha value is -3.09. The van der Waals surface area contributed by atoms with Crippen molar-refractivity contribution >= 4 is 11.9 Å². The van der Waals surface area contributed by atoms with Gasteiger partial charge in [0.05, 0.1) is 26.7 Å². The summed E-state index contributed by atoms with van der Waals surface area (Å²) in [6, 6.07) is 8.24. The molecule has 2 aromatic rings. The molecule has 1 atom stereocenters. The van der Waals surface area contributed by atoms with Crippen molar-refractivity contribution in [1.29, 1.82) is 0 Å². The van der Waals surface area contributed by atoms with Gasteiger partial charge in [0, 0.05) is 12.1 Å². The number of rotatable bonds is 5. The highest BCUT2D eigenvalue weighted by molar-refractivity contribution is 5.95. The van der Waals surface area contributed by atoms with Crippen LogP contribution in [0.5, 0.6) is 11.5 Å². The molecule has 2 aromatic carbocycles. The third kappa shape index (κ3) is 3.72. The van der Waals surface area contributed by atoms with Crippen LogP contribution in [-0.4, -0.2) is 42.6 Å². The molecule has 0 saturated heterocycles. The van der Waals surface area contributed by atoms with Crippen molar-refractivity contribution in [2.75, 3.05) is 20.8 Å². The lowest BCUT2D eigenvalue weighted by atomic mass is 9.89. The summed E-state index contributed by atoms with van der Waals surface area (Å²) in [7, 11) is 3.02. The number of hydrogen-bond acceptors (Lipinski definition) is 4. The normalized spacial score (nSPS) is 15.8. The van der Waals surface area contributed by atoms with Gasteiger partial charge in [-0.25, -0.2) is 4.39 Å². The van der Waals surface area contributed by atoms with Crippen molar-refractivity contribution in [2.45, 2.75) is 18.9 Å². The van der Waals surface area contributed by atoms with Crippen LogP contribution in [0.4, 0.5) is 4.39 Å². The van der Waals surface area contributed by atoms with Crippen LogP contribution in [0.3, 0.4) is 0 Å². The first-order valence-electron chi connectivity index (χ1n) is 8.47. The Morgan fingerprint density at radius 1 is 1.19 bits per heavy atom. The van der Waals surface area contributed by atoms with Crippen molar-refractivity contribution < 1.29 is 28.6 Å². The molecule has 0 spiro atoms. The molecule has 0 radical (unpaired) electrons. The van der Waals surface area contributed by atoms with E-state index >= 15 is 0 Å². The second-order valence-corrected chi connectivity index (χ2v) is 6.28. The Bertz CT molecular complexity index is 883. The molecule has 1 amide bonds. The number of ether oxygens (including phenoxy) is 2. The molecule has 1 unspecified atom stereocenters. The first kappa shape index (κ1) is 18.7. The van der Waals surface area contributed by atoms with Gasteiger partial charge in [0.15, 0.2) is 11.5 Å². The number of benzene rings is 2. The minimum Gasteiger partial charge on any atom is -0.493 e. The monoisotopic (exact) mass is 373 g/mol. The predicted molar refractivity (Wildman–Crippen MR) is 95.7 cm³/mol. The molecular formula is C20H20FNO5. The van der Waals surface area contributed by atoms with Crippen molar-refractivity contribution in [3.8, 4) is 11.5 Å². The lowest BCUT2D eigenvalue weighted by molar-refractivity contribution is -0.138. The number of carbonyl (C=O) groups excluding carboxylic acids is 1. The fourth-order valence-electron chi connectivity index (χ4n) is 3.44. The summed E-state index contributed by atoms with van der Waals surface area (Å²) in [5.41, 5.74) is 1.79. The summed E-state index contributed by atoms with van der Waals surface area (Å²) in [4.78, 5) is 25.9. The standard InChI is InChI=1S/C20H20FNO5/c1-26-17-9-12-6-7-22(20(25)13-4-3-5-14(21)8-13)16(11-19(23)24)15(12)10-18(17)27-2/h3-5,8-10,16H,6-7,11H2,1-2H3,(H,23,24). The van der Waals surface area contributed by atoms with Gasteiger partial charge in [0.2, 0.25) is 0 Å². The largest absolute Gasteiger partial charge is 0.493 e. The van der Waals surface area contributed by atoms with Crippen LogP contribution in [0.1, 0.15) is 33.9 Å². The Kier molecular flexibility index (Phi) is 5.30. The number of methoxy groups -OCH3 is 2. The number of halogens is 1. The summed E-state index contributed by atoms with van der Waals surface area (Å²) >= 11 is 0. The predicted octanol–water partition coefficient (Wildman–Crippen LogP) is 3.06. The second kappa shape index (κ2) is 7.65. The van der Waals surface area contributed by atoms with E-state index < -0.39 is 23.7 Å². The number of aliphatic carboxylic acids is 1. The molecular weight excluding hydrogens is 353 g/mol. The van der Waals surface area contributed by atoms with E-state index in [1.165, 1.54) is 37.3 Å². The number of carboxylic acid groups (broad SMARTS) is 1. The fraction of sp³-hybridized carbons (Fsp3) is 0.300. The van der Waals surface area contributed by atoms with Gasteiger partial charge >= 0.3 is 5.97 Å². The summed E-state index contributed by atoms with van der Waals surface area (Å²) in [5.74, 6) is -0.928. The highest BCUT2D eigenvalue weighted by Crippen LogP contribution is 2.40. The number of fused-ring (bicyclic) bond motifs is 1. The summed E-state index contributed by atoms with van der Waals surface area (Å²) in [6.07, 6.45) is 0.274. The van der Waals surface area contributed by atoms with E-state index in [4.69, 9.17) is 9.47 Å². The molecule has 1 aliphatic rings. The van der Waals surface area contributed by atoms with Gasteiger partial charge in [-0.2, -0.15) is 0 Å². The van der Waals surface area contributed by atoms with Crippen molar-refractivity contribution in [3.05, 3.63) is 58.9 Å². The topological polar surface area (TPSA) is 76.1 Å². The van der Waals surface area contributed by atoms with Gasteiger partial charge < -0.3 is 19.5 Å². The molecule has 1 heterocycles. The van der Waals surface area contributed by atoms with E-state index in [1.54, 1.807) is 6.07 Å². The minimum absolute atomic E-state index is 0.189. The number of hydrogen-bond donors (Lipinski definition) is 1. The highest BCUT2D eigenvalue weighted by atomic mass is 19.1. The minimum atomic E-state index is -1.03. The Balaban J connectivity index is 2.04. The van der Waals surface area contributed by atoms with Crippen LogP contribution in [-0.2, 0) is 11.2 Å². The van der Waals surface area contributed by atoms with Crippen LogP contribution in [0, 0.1) is 5.82 Å². The first-order chi connectivity index (χ1) is 12.9. The fourth-order valence-corrected chi connectivity index (χ4v) is 3.44. The van der Waals surface area contributed by atoms with Crippen LogP contribution in [0.25, 0.3) is 0 Å². The van der Waals surface area contributed by atoms with E-state index in [-0.39, 0.29) is 12.0 Å². The number of nitrogens with zero attached hydrogens (tertiary/aromatic N) is 1. The van der Waals surface area contributed by atoms with Crippen LogP contribution >= 0.6 is 0 Å².